The highest BCUT2D eigenvalue weighted by Crippen LogP contribution is 2.38. The molecule has 0 radical (unpaired) electrons. The van der Waals surface area contributed by atoms with Gasteiger partial charge in [0.15, 0.2) is 0 Å². The summed E-state index contributed by atoms with van der Waals surface area (Å²) < 4.78 is 2.32. The second-order valence-corrected chi connectivity index (χ2v) is 6.41. The molecule has 2 aromatic rings. The number of carbonyl (C=O) groups excluding carboxylic acids is 1. The molecule has 116 valence electrons. The van der Waals surface area contributed by atoms with E-state index in [0.29, 0.717) is 18.5 Å². The van der Waals surface area contributed by atoms with Crippen molar-refractivity contribution in [1.82, 2.24) is 9.88 Å². The molecule has 0 saturated heterocycles. The molecule has 1 saturated carbocycles. The largest absolute Gasteiger partial charge is 0.351 e. The molecule has 1 fully saturated rings. The quantitative estimate of drug-likeness (QED) is 0.890. The minimum atomic E-state index is 0.0442. The minimum absolute atomic E-state index is 0.0442. The van der Waals surface area contributed by atoms with Crippen molar-refractivity contribution >= 4 is 5.91 Å². The van der Waals surface area contributed by atoms with Crippen LogP contribution in [0.25, 0.3) is 0 Å². The average Bonchev–Trinajstić information content (AvgIpc) is 3.31. The van der Waals surface area contributed by atoms with Gasteiger partial charge in [-0.25, -0.2) is 0 Å². The Hall–Kier alpha value is -2.03. The van der Waals surface area contributed by atoms with Crippen molar-refractivity contribution in [2.45, 2.75) is 45.6 Å². The number of nitrogens with one attached hydrogen (secondary N) is 1. The number of rotatable bonds is 5. The maximum Gasteiger partial charge on any atom is 0.253 e. The summed E-state index contributed by atoms with van der Waals surface area (Å²) in [6.45, 7) is 6.95. The van der Waals surface area contributed by atoms with Gasteiger partial charge in [0.1, 0.15) is 0 Å². The van der Waals surface area contributed by atoms with Gasteiger partial charge in [-0.1, -0.05) is 37.3 Å². The zero-order valence-corrected chi connectivity index (χ0v) is 13.6. The van der Waals surface area contributed by atoms with E-state index in [-0.39, 0.29) is 5.91 Å². The molecule has 0 bridgehead atoms. The summed E-state index contributed by atoms with van der Waals surface area (Å²) >= 11 is 0. The summed E-state index contributed by atoms with van der Waals surface area (Å²) in [4.78, 5) is 12.5. The molecule has 1 aromatic heterocycles. The van der Waals surface area contributed by atoms with Crippen LogP contribution in [0.1, 0.15) is 59.0 Å². The fourth-order valence-corrected chi connectivity index (χ4v) is 3.14. The Bertz CT molecular complexity index is 668. The van der Waals surface area contributed by atoms with Gasteiger partial charge >= 0.3 is 0 Å². The topological polar surface area (TPSA) is 34.0 Å². The van der Waals surface area contributed by atoms with Gasteiger partial charge < -0.3 is 9.88 Å². The van der Waals surface area contributed by atoms with Gasteiger partial charge in [0.05, 0.1) is 5.56 Å². The molecule has 1 atom stereocenters. The van der Waals surface area contributed by atoms with Crippen LogP contribution in [0.5, 0.6) is 0 Å². The lowest BCUT2D eigenvalue weighted by molar-refractivity contribution is 0.0951. The van der Waals surface area contributed by atoms with Crippen LogP contribution in [0.15, 0.2) is 36.4 Å². The Labute approximate surface area is 132 Å². The van der Waals surface area contributed by atoms with Crippen molar-refractivity contribution < 1.29 is 4.79 Å². The van der Waals surface area contributed by atoms with Crippen molar-refractivity contribution in [3.63, 3.8) is 0 Å². The van der Waals surface area contributed by atoms with E-state index in [1.54, 1.807) is 0 Å². The minimum Gasteiger partial charge on any atom is -0.351 e. The van der Waals surface area contributed by atoms with Gasteiger partial charge in [-0.05, 0) is 44.2 Å². The third-order valence-electron chi connectivity index (χ3n) is 4.58. The van der Waals surface area contributed by atoms with Crippen molar-refractivity contribution in [3.8, 4) is 0 Å². The Morgan fingerprint density at radius 3 is 2.59 bits per heavy atom. The highest BCUT2D eigenvalue weighted by Gasteiger charge is 2.28. The zero-order chi connectivity index (χ0) is 15.7. The van der Waals surface area contributed by atoms with E-state index in [9.17, 15) is 4.79 Å². The van der Waals surface area contributed by atoms with Gasteiger partial charge in [-0.15, -0.1) is 0 Å². The van der Waals surface area contributed by atoms with E-state index in [1.807, 2.05) is 24.3 Å². The molecule has 1 amide bonds. The fourth-order valence-electron chi connectivity index (χ4n) is 3.14. The van der Waals surface area contributed by atoms with E-state index in [0.717, 1.165) is 11.3 Å². The number of benzene rings is 1. The normalized spacial score (nSPS) is 15.6. The molecule has 1 aromatic carbocycles. The molecule has 0 aliphatic heterocycles. The maximum absolute atomic E-state index is 12.5. The van der Waals surface area contributed by atoms with Crippen molar-refractivity contribution in [1.29, 1.82) is 0 Å². The van der Waals surface area contributed by atoms with E-state index >= 15 is 0 Å². The van der Waals surface area contributed by atoms with Crippen molar-refractivity contribution in [2.24, 2.45) is 0 Å². The van der Waals surface area contributed by atoms with Crippen LogP contribution < -0.4 is 5.32 Å². The first kappa shape index (κ1) is 14.9. The number of hydrogen-bond donors (Lipinski definition) is 1. The summed E-state index contributed by atoms with van der Waals surface area (Å²) in [6.07, 6.45) is 2.48. The summed E-state index contributed by atoms with van der Waals surface area (Å²) in [5.74, 6) is 0.361. The van der Waals surface area contributed by atoms with E-state index < -0.39 is 0 Å². The second kappa shape index (κ2) is 5.99. The summed E-state index contributed by atoms with van der Waals surface area (Å²) in [6, 6.07) is 12.9. The Morgan fingerprint density at radius 1 is 1.27 bits per heavy atom. The van der Waals surface area contributed by atoms with Gasteiger partial charge in [-0.3, -0.25) is 4.79 Å². The lowest BCUT2D eigenvalue weighted by atomic mass is 10.0. The van der Waals surface area contributed by atoms with Crippen LogP contribution >= 0.6 is 0 Å². The standard InChI is InChI=1S/C19H24N2O/c1-13(16-7-5-4-6-8-16)12-20-19(22)18-11-14(2)21(15(18)3)17-9-10-17/h4-8,11,13,17H,9-10,12H2,1-3H3,(H,20,22)/t13-/m0/s1. The molecular formula is C19H24N2O. The Kier molecular flexibility index (Phi) is 4.06. The first-order chi connectivity index (χ1) is 10.6. The van der Waals surface area contributed by atoms with E-state index in [1.165, 1.54) is 24.1 Å². The molecule has 3 heteroatoms. The number of aromatic nitrogens is 1. The number of carbonyl (C=O) groups is 1. The van der Waals surface area contributed by atoms with Crippen molar-refractivity contribution in [2.75, 3.05) is 6.54 Å². The van der Waals surface area contributed by atoms with Gasteiger partial charge in [0.2, 0.25) is 0 Å². The maximum atomic E-state index is 12.5. The second-order valence-electron chi connectivity index (χ2n) is 6.41. The van der Waals surface area contributed by atoms with Gasteiger partial charge in [-0.2, -0.15) is 0 Å². The van der Waals surface area contributed by atoms with Crippen LogP contribution in [-0.4, -0.2) is 17.0 Å². The van der Waals surface area contributed by atoms with Crippen molar-refractivity contribution in [3.05, 3.63) is 58.9 Å². The molecule has 1 aliphatic carbocycles. The third kappa shape index (κ3) is 2.94. The highest BCUT2D eigenvalue weighted by molar-refractivity contribution is 5.95. The zero-order valence-electron chi connectivity index (χ0n) is 13.6. The highest BCUT2D eigenvalue weighted by atomic mass is 16.1. The molecular weight excluding hydrogens is 272 g/mol. The monoisotopic (exact) mass is 296 g/mol. The first-order valence-electron chi connectivity index (χ1n) is 8.09. The molecule has 22 heavy (non-hydrogen) atoms. The van der Waals surface area contributed by atoms with Crippen LogP contribution in [0, 0.1) is 13.8 Å². The number of nitrogens with zero attached hydrogens (tertiary/aromatic N) is 1. The number of amides is 1. The summed E-state index contributed by atoms with van der Waals surface area (Å²) in [5, 5.41) is 3.09. The summed E-state index contributed by atoms with van der Waals surface area (Å²) in [7, 11) is 0. The molecule has 0 unspecified atom stereocenters. The first-order valence-corrected chi connectivity index (χ1v) is 8.09. The van der Waals surface area contributed by atoms with E-state index in [2.05, 4.69) is 42.8 Å². The molecule has 1 aliphatic rings. The Morgan fingerprint density at radius 2 is 1.95 bits per heavy atom. The van der Waals surface area contributed by atoms with Crippen LogP contribution in [0.3, 0.4) is 0 Å². The smallest absolute Gasteiger partial charge is 0.253 e. The fraction of sp³-hybridized carbons (Fsp3) is 0.421. The van der Waals surface area contributed by atoms with E-state index in [4.69, 9.17) is 0 Å². The summed E-state index contributed by atoms with van der Waals surface area (Å²) in [5.41, 5.74) is 4.38. The Balaban J connectivity index is 1.66. The van der Waals surface area contributed by atoms with Gasteiger partial charge in [0.25, 0.3) is 5.91 Å². The molecule has 0 spiro atoms. The molecule has 3 rings (SSSR count). The lowest BCUT2D eigenvalue weighted by Gasteiger charge is -2.13. The SMILES string of the molecule is Cc1cc(C(=O)NC[C@H](C)c2ccccc2)c(C)n1C1CC1. The number of hydrogen-bond acceptors (Lipinski definition) is 1. The van der Waals surface area contributed by atoms with Crippen LogP contribution in [0.2, 0.25) is 0 Å². The number of aryl methyl sites for hydroxylation is 1. The van der Waals surface area contributed by atoms with Crippen LogP contribution in [-0.2, 0) is 0 Å². The predicted molar refractivity (Wildman–Crippen MR) is 89.4 cm³/mol. The average molecular weight is 296 g/mol. The molecule has 3 nitrogen and oxygen atoms in total. The van der Waals surface area contributed by atoms with Gasteiger partial charge in [0, 0.05) is 24.0 Å². The molecule has 1 N–H and O–H groups in total. The molecule has 1 heterocycles. The lowest BCUT2D eigenvalue weighted by Crippen LogP contribution is -2.27. The predicted octanol–water partition coefficient (Wildman–Crippen LogP) is 3.97. The third-order valence-corrected chi connectivity index (χ3v) is 4.58. The van der Waals surface area contributed by atoms with Crippen LogP contribution in [0.4, 0.5) is 0 Å².